The van der Waals surface area contributed by atoms with Crippen LogP contribution in [-0.4, -0.2) is 22.8 Å². The van der Waals surface area contributed by atoms with Crippen LogP contribution >= 0.6 is 0 Å². The summed E-state index contributed by atoms with van der Waals surface area (Å²) in [7, 11) is 0. The second-order valence-electron chi connectivity index (χ2n) is 4.25. The van der Waals surface area contributed by atoms with E-state index in [0.29, 0.717) is 12.2 Å². The highest BCUT2D eigenvalue weighted by Crippen LogP contribution is 2.26. The molecule has 0 amide bonds. The normalized spacial score (nSPS) is 11.4. The lowest BCUT2D eigenvalue weighted by atomic mass is 10.3. The number of para-hydroxylation sites is 2. The Morgan fingerprint density at radius 1 is 1.30 bits per heavy atom. The van der Waals surface area contributed by atoms with E-state index in [2.05, 4.69) is 15.3 Å². The summed E-state index contributed by atoms with van der Waals surface area (Å²) in [6, 6.07) is 6.50. The lowest BCUT2D eigenvalue weighted by molar-refractivity contribution is -0.153. The molecular weight excluding hydrogens is 271 g/mol. The molecule has 0 aliphatic rings. The molecule has 4 nitrogen and oxygen atoms in total. The first kappa shape index (κ1) is 14.2. The van der Waals surface area contributed by atoms with Gasteiger partial charge in [-0.15, -0.1) is 0 Å². The summed E-state index contributed by atoms with van der Waals surface area (Å²) in [5, 5.41) is 3.02. The number of hydrogen-bond donors (Lipinski definition) is 2. The second kappa shape index (κ2) is 5.85. The van der Waals surface area contributed by atoms with E-state index in [1.54, 1.807) is 24.4 Å². The molecule has 0 saturated carbocycles. The van der Waals surface area contributed by atoms with Crippen molar-refractivity contribution < 1.29 is 17.9 Å². The van der Waals surface area contributed by atoms with Gasteiger partial charge in [0.25, 0.3) is 0 Å². The molecule has 1 aromatic carbocycles. The molecule has 0 spiro atoms. The van der Waals surface area contributed by atoms with Crippen LogP contribution in [0, 0.1) is 6.92 Å². The van der Waals surface area contributed by atoms with Gasteiger partial charge >= 0.3 is 6.18 Å². The number of imidazole rings is 1. The zero-order valence-corrected chi connectivity index (χ0v) is 10.8. The zero-order chi connectivity index (χ0) is 14.6. The van der Waals surface area contributed by atoms with Crippen LogP contribution in [0.3, 0.4) is 0 Å². The molecule has 2 aromatic rings. The van der Waals surface area contributed by atoms with Gasteiger partial charge in [-0.25, -0.2) is 4.98 Å². The minimum Gasteiger partial charge on any atom is -0.482 e. The summed E-state index contributed by atoms with van der Waals surface area (Å²) >= 11 is 0. The van der Waals surface area contributed by atoms with Gasteiger partial charge in [0.15, 0.2) is 6.61 Å². The molecule has 0 atom stereocenters. The molecule has 0 bridgehead atoms. The number of hydrogen-bond acceptors (Lipinski definition) is 3. The molecule has 20 heavy (non-hydrogen) atoms. The van der Waals surface area contributed by atoms with Crippen molar-refractivity contribution in [1.82, 2.24) is 9.97 Å². The van der Waals surface area contributed by atoms with Crippen molar-refractivity contribution in [3.63, 3.8) is 0 Å². The summed E-state index contributed by atoms with van der Waals surface area (Å²) in [5.41, 5.74) is 1.34. The quantitative estimate of drug-likeness (QED) is 0.886. The van der Waals surface area contributed by atoms with Crippen LogP contribution in [0.25, 0.3) is 0 Å². The highest BCUT2D eigenvalue weighted by atomic mass is 19.4. The number of H-pyrrole nitrogens is 1. The van der Waals surface area contributed by atoms with Gasteiger partial charge in [-0.3, -0.25) is 0 Å². The van der Waals surface area contributed by atoms with Gasteiger partial charge in [-0.05, 0) is 19.1 Å². The number of nitrogens with zero attached hydrogens (tertiary/aromatic N) is 1. The lowest BCUT2D eigenvalue weighted by Crippen LogP contribution is -2.19. The Kier molecular flexibility index (Phi) is 4.16. The van der Waals surface area contributed by atoms with Crippen molar-refractivity contribution in [2.45, 2.75) is 19.6 Å². The van der Waals surface area contributed by atoms with E-state index >= 15 is 0 Å². The fourth-order valence-corrected chi connectivity index (χ4v) is 1.65. The van der Waals surface area contributed by atoms with Crippen LogP contribution in [0.4, 0.5) is 18.9 Å². The van der Waals surface area contributed by atoms with E-state index < -0.39 is 12.8 Å². The number of anilines is 1. The van der Waals surface area contributed by atoms with Gasteiger partial charge in [0.05, 0.1) is 24.1 Å². The van der Waals surface area contributed by atoms with Crippen LogP contribution in [-0.2, 0) is 6.54 Å². The Morgan fingerprint density at radius 2 is 2.05 bits per heavy atom. The van der Waals surface area contributed by atoms with Gasteiger partial charge in [0, 0.05) is 0 Å². The first-order valence-corrected chi connectivity index (χ1v) is 5.97. The lowest BCUT2D eigenvalue weighted by Gasteiger charge is -2.14. The monoisotopic (exact) mass is 285 g/mol. The number of aromatic amines is 1. The zero-order valence-electron chi connectivity index (χ0n) is 10.8. The van der Waals surface area contributed by atoms with Crippen molar-refractivity contribution in [2.24, 2.45) is 0 Å². The Labute approximate surface area is 114 Å². The number of aromatic nitrogens is 2. The van der Waals surface area contributed by atoms with Crippen molar-refractivity contribution in [3.8, 4) is 5.75 Å². The molecule has 2 rings (SSSR count). The minimum absolute atomic E-state index is 0.168. The molecule has 0 fully saturated rings. The summed E-state index contributed by atoms with van der Waals surface area (Å²) < 4.78 is 41.3. The number of halogens is 3. The van der Waals surface area contributed by atoms with Crippen LogP contribution in [0.2, 0.25) is 0 Å². The second-order valence-corrected chi connectivity index (χ2v) is 4.25. The highest BCUT2D eigenvalue weighted by Gasteiger charge is 2.28. The van der Waals surface area contributed by atoms with Crippen LogP contribution in [0.15, 0.2) is 30.5 Å². The molecule has 0 unspecified atom stereocenters. The third kappa shape index (κ3) is 4.18. The van der Waals surface area contributed by atoms with Crippen molar-refractivity contribution in [3.05, 3.63) is 42.0 Å². The molecule has 1 aromatic heterocycles. The molecule has 2 N–H and O–H groups in total. The SMILES string of the molecule is Cc1ncc(CNc2ccccc2OCC(F)(F)F)[nH]1. The van der Waals surface area contributed by atoms with Crippen LogP contribution in [0.1, 0.15) is 11.5 Å². The Morgan fingerprint density at radius 3 is 2.70 bits per heavy atom. The first-order valence-electron chi connectivity index (χ1n) is 5.97. The minimum atomic E-state index is -4.35. The Hall–Kier alpha value is -2.18. The number of ether oxygens (including phenoxy) is 1. The van der Waals surface area contributed by atoms with E-state index in [0.717, 1.165) is 11.5 Å². The molecule has 0 saturated heterocycles. The van der Waals surface area contributed by atoms with Gasteiger partial charge in [0.1, 0.15) is 11.6 Å². The maximum absolute atomic E-state index is 12.2. The van der Waals surface area contributed by atoms with Crippen molar-refractivity contribution >= 4 is 5.69 Å². The topological polar surface area (TPSA) is 49.9 Å². The molecule has 0 aliphatic carbocycles. The van der Waals surface area contributed by atoms with Gasteiger partial charge in [-0.2, -0.15) is 13.2 Å². The van der Waals surface area contributed by atoms with E-state index in [1.165, 1.54) is 6.07 Å². The number of benzene rings is 1. The van der Waals surface area contributed by atoms with E-state index in [1.807, 2.05) is 6.92 Å². The Balaban J connectivity index is 2.00. The fourth-order valence-electron chi connectivity index (χ4n) is 1.65. The number of aryl methyl sites for hydroxylation is 1. The predicted octanol–water partition coefficient (Wildman–Crippen LogP) is 3.27. The van der Waals surface area contributed by atoms with Gasteiger partial charge in [-0.1, -0.05) is 12.1 Å². The van der Waals surface area contributed by atoms with Gasteiger partial charge < -0.3 is 15.0 Å². The number of nitrogens with one attached hydrogen (secondary N) is 2. The number of rotatable bonds is 5. The van der Waals surface area contributed by atoms with Gasteiger partial charge in [0.2, 0.25) is 0 Å². The Bertz CT molecular complexity index is 566. The summed E-state index contributed by atoms with van der Waals surface area (Å²) in [4.78, 5) is 7.07. The largest absolute Gasteiger partial charge is 0.482 e. The molecule has 0 radical (unpaired) electrons. The average molecular weight is 285 g/mol. The maximum Gasteiger partial charge on any atom is 0.422 e. The predicted molar refractivity (Wildman–Crippen MR) is 68.6 cm³/mol. The first-order chi connectivity index (χ1) is 9.44. The summed E-state index contributed by atoms with van der Waals surface area (Å²) in [5.74, 6) is 0.949. The molecular formula is C13H14F3N3O. The average Bonchev–Trinajstić information content (AvgIpc) is 2.80. The maximum atomic E-state index is 12.2. The number of alkyl halides is 3. The molecule has 108 valence electrons. The van der Waals surface area contributed by atoms with Crippen molar-refractivity contribution in [2.75, 3.05) is 11.9 Å². The molecule has 7 heteroatoms. The summed E-state index contributed by atoms with van der Waals surface area (Å²) in [6.07, 6.45) is -2.69. The molecule has 1 heterocycles. The van der Waals surface area contributed by atoms with Crippen molar-refractivity contribution in [1.29, 1.82) is 0 Å². The van der Waals surface area contributed by atoms with Crippen LogP contribution in [0.5, 0.6) is 5.75 Å². The third-order valence-corrected chi connectivity index (χ3v) is 2.50. The van der Waals surface area contributed by atoms with E-state index in [9.17, 15) is 13.2 Å². The molecule has 0 aliphatic heterocycles. The standard InChI is InChI=1S/C13H14F3N3O/c1-9-17-6-10(19-9)7-18-11-4-2-3-5-12(11)20-8-13(14,15)16/h2-6,18H,7-8H2,1H3,(H,17,19). The third-order valence-electron chi connectivity index (χ3n) is 2.50. The van der Waals surface area contributed by atoms with E-state index in [4.69, 9.17) is 4.74 Å². The van der Waals surface area contributed by atoms with E-state index in [-0.39, 0.29) is 5.75 Å². The van der Waals surface area contributed by atoms with Crippen LogP contribution < -0.4 is 10.1 Å². The summed E-state index contributed by atoms with van der Waals surface area (Å²) in [6.45, 7) is 0.936. The highest BCUT2D eigenvalue weighted by molar-refractivity contribution is 5.56. The smallest absolute Gasteiger partial charge is 0.422 e. The fraction of sp³-hybridized carbons (Fsp3) is 0.308.